The fourth-order valence-corrected chi connectivity index (χ4v) is 4.95. The first kappa shape index (κ1) is 28.1. The van der Waals surface area contributed by atoms with Crippen molar-refractivity contribution in [1.29, 1.82) is 0 Å². The topological polar surface area (TPSA) is 182 Å². The molecule has 9 atom stereocenters. The highest BCUT2D eigenvalue weighted by Gasteiger charge is 2.47. The van der Waals surface area contributed by atoms with Gasteiger partial charge < -0.3 is 45.5 Å². The standard InChI is InChI=1S/C25H35N5O8/c1-12-19(29(3)4)20(32)21(33)24(37-12)38-22-13(2)36-18(11-16(22)31)30-10-9-17(28-25(30)35)27-23(34)14-5-7-15(26)8-6-14/h5-10,12-13,16,18-22,24,31-33H,11,26H2,1-4H3,(H,27,28,34,35)/t12-,13-,16-,18-,19-,20+,21-,22-,24-/m1/s1. The summed E-state index contributed by atoms with van der Waals surface area (Å²) in [7, 11) is 3.56. The number of amides is 1. The predicted octanol–water partition coefficient (Wildman–Crippen LogP) is -0.472. The smallest absolute Gasteiger partial charge is 0.351 e. The Morgan fingerprint density at radius 3 is 2.39 bits per heavy atom. The van der Waals surface area contributed by atoms with Gasteiger partial charge in [0.25, 0.3) is 5.91 Å². The molecule has 13 heteroatoms. The van der Waals surface area contributed by atoms with Gasteiger partial charge >= 0.3 is 5.69 Å². The molecule has 0 radical (unpaired) electrons. The van der Waals surface area contributed by atoms with Crippen molar-refractivity contribution < 1.29 is 34.3 Å². The Hall–Kier alpha value is -2.91. The number of aromatic nitrogens is 2. The van der Waals surface area contributed by atoms with E-state index in [1.165, 1.54) is 16.8 Å². The van der Waals surface area contributed by atoms with Gasteiger partial charge in [-0.1, -0.05) is 0 Å². The van der Waals surface area contributed by atoms with E-state index in [0.717, 1.165) is 0 Å². The Kier molecular flexibility index (Phi) is 8.47. The van der Waals surface area contributed by atoms with Gasteiger partial charge in [0.05, 0.1) is 24.4 Å². The summed E-state index contributed by atoms with van der Waals surface area (Å²) in [6.07, 6.45) is -6.16. The molecule has 2 aliphatic heterocycles. The molecule has 0 saturated carbocycles. The summed E-state index contributed by atoms with van der Waals surface area (Å²) >= 11 is 0. The SMILES string of the molecule is C[C@H]1O[C@@H](n2ccc(NC(=O)c3ccc(N)cc3)nc2=O)C[C@@H](O)[C@@H]1O[C@H]1O[C@H](C)[C@@H](N(C)C)[C@H](O)[C@H]1O. The summed E-state index contributed by atoms with van der Waals surface area (Å²) in [6.45, 7) is 3.43. The number of carbonyl (C=O) groups is 1. The Bertz CT molecular complexity index is 1160. The van der Waals surface area contributed by atoms with Crippen LogP contribution in [0.5, 0.6) is 0 Å². The number of aliphatic hydroxyl groups excluding tert-OH is 3. The van der Waals surface area contributed by atoms with Crippen LogP contribution in [0.1, 0.15) is 36.9 Å². The van der Waals surface area contributed by atoms with E-state index in [9.17, 15) is 24.9 Å². The number of likely N-dealkylation sites (N-methyl/N-ethyl adjacent to an activating group) is 1. The van der Waals surface area contributed by atoms with Crippen LogP contribution in [0.25, 0.3) is 0 Å². The molecule has 1 aromatic carbocycles. The molecule has 0 aliphatic carbocycles. The van der Waals surface area contributed by atoms with Crippen molar-refractivity contribution in [3.8, 4) is 0 Å². The molecule has 2 fully saturated rings. The van der Waals surface area contributed by atoms with Gasteiger partial charge in [-0.2, -0.15) is 4.98 Å². The number of rotatable bonds is 6. The van der Waals surface area contributed by atoms with Crippen LogP contribution in [-0.4, -0.2) is 98.7 Å². The number of nitrogens with zero attached hydrogens (tertiary/aromatic N) is 3. The molecule has 1 amide bonds. The third-order valence-electron chi connectivity index (χ3n) is 6.91. The van der Waals surface area contributed by atoms with Crippen molar-refractivity contribution in [2.45, 2.75) is 75.5 Å². The quantitative estimate of drug-likeness (QED) is 0.303. The summed E-state index contributed by atoms with van der Waals surface area (Å²) in [4.78, 5) is 30.8. The van der Waals surface area contributed by atoms with Crippen LogP contribution in [0.4, 0.5) is 11.5 Å². The summed E-state index contributed by atoms with van der Waals surface area (Å²) in [5, 5.41) is 34.6. The summed E-state index contributed by atoms with van der Waals surface area (Å²) in [5.74, 6) is -0.387. The minimum atomic E-state index is -1.33. The number of ether oxygens (including phenoxy) is 3. The third-order valence-corrected chi connectivity index (χ3v) is 6.91. The second kappa shape index (κ2) is 11.5. The van der Waals surface area contributed by atoms with Crippen molar-refractivity contribution in [2.75, 3.05) is 25.1 Å². The van der Waals surface area contributed by atoms with Gasteiger partial charge in [-0.15, -0.1) is 0 Å². The van der Waals surface area contributed by atoms with E-state index in [2.05, 4.69) is 10.3 Å². The van der Waals surface area contributed by atoms with Gasteiger partial charge in [0.1, 0.15) is 30.4 Å². The molecule has 38 heavy (non-hydrogen) atoms. The Morgan fingerprint density at radius 1 is 1.11 bits per heavy atom. The highest BCUT2D eigenvalue weighted by atomic mass is 16.7. The predicted molar refractivity (Wildman–Crippen MR) is 136 cm³/mol. The van der Waals surface area contributed by atoms with E-state index < -0.39 is 66.8 Å². The normalized spacial score (nSPS) is 33.7. The van der Waals surface area contributed by atoms with Gasteiger partial charge in [-0.05, 0) is 58.3 Å². The minimum absolute atomic E-state index is 0.00498. The zero-order valence-electron chi connectivity index (χ0n) is 21.7. The largest absolute Gasteiger partial charge is 0.399 e. The number of benzene rings is 1. The van der Waals surface area contributed by atoms with Gasteiger partial charge in [0.2, 0.25) is 0 Å². The molecular weight excluding hydrogens is 498 g/mol. The molecule has 2 aromatic rings. The van der Waals surface area contributed by atoms with Crippen molar-refractivity contribution in [2.24, 2.45) is 0 Å². The Labute approximate surface area is 219 Å². The highest BCUT2D eigenvalue weighted by molar-refractivity contribution is 6.03. The van der Waals surface area contributed by atoms with Gasteiger partial charge in [0.15, 0.2) is 6.29 Å². The van der Waals surface area contributed by atoms with Crippen LogP contribution < -0.4 is 16.7 Å². The second-order valence-corrected chi connectivity index (χ2v) is 9.92. The fourth-order valence-electron chi connectivity index (χ4n) is 4.95. The van der Waals surface area contributed by atoms with Crippen LogP contribution >= 0.6 is 0 Å². The van der Waals surface area contributed by atoms with Gasteiger partial charge in [-0.25, -0.2) is 4.79 Å². The summed E-state index contributed by atoms with van der Waals surface area (Å²) in [6, 6.07) is 7.32. The lowest BCUT2D eigenvalue weighted by molar-refractivity contribution is -0.322. The minimum Gasteiger partial charge on any atom is -0.399 e. The molecule has 0 spiro atoms. The van der Waals surface area contributed by atoms with E-state index in [-0.39, 0.29) is 12.2 Å². The van der Waals surface area contributed by atoms with Crippen molar-refractivity contribution >= 4 is 17.4 Å². The first-order valence-corrected chi connectivity index (χ1v) is 12.4. The zero-order chi connectivity index (χ0) is 27.7. The number of aliphatic hydroxyl groups is 3. The molecule has 0 bridgehead atoms. The number of nitrogens with two attached hydrogens (primary N) is 1. The monoisotopic (exact) mass is 533 g/mol. The summed E-state index contributed by atoms with van der Waals surface area (Å²) < 4.78 is 18.9. The first-order chi connectivity index (χ1) is 18.0. The Morgan fingerprint density at radius 2 is 1.79 bits per heavy atom. The number of carbonyl (C=O) groups excluding carboxylic acids is 1. The summed E-state index contributed by atoms with van der Waals surface area (Å²) in [5.41, 5.74) is 5.84. The third kappa shape index (κ3) is 5.89. The Balaban J connectivity index is 1.40. The average molecular weight is 534 g/mol. The molecular formula is C25H35N5O8. The fraction of sp³-hybridized carbons (Fsp3) is 0.560. The van der Waals surface area contributed by atoms with Crippen LogP contribution in [0.3, 0.4) is 0 Å². The van der Waals surface area contributed by atoms with E-state index in [4.69, 9.17) is 19.9 Å². The molecule has 4 rings (SSSR count). The zero-order valence-corrected chi connectivity index (χ0v) is 21.7. The lowest BCUT2D eigenvalue weighted by Crippen LogP contribution is -2.63. The van der Waals surface area contributed by atoms with Gasteiger partial charge in [0, 0.05) is 23.9 Å². The van der Waals surface area contributed by atoms with Crippen molar-refractivity contribution in [1.82, 2.24) is 14.5 Å². The number of hydrogen-bond acceptors (Lipinski definition) is 11. The van der Waals surface area contributed by atoms with Crippen LogP contribution in [-0.2, 0) is 14.2 Å². The maximum Gasteiger partial charge on any atom is 0.351 e. The van der Waals surface area contributed by atoms with Crippen LogP contribution in [0, 0.1) is 0 Å². The molecule has 13 nitrogen and oxygen atoms in total. The molecule has 2 saturated heterocycles. The maximum atomic E-state index is 12.7. The van der Waals surface area contributed by atoms with E-state index in [1.807, 2.05) is 0 Å². The first-order valence-electron chi connectivity index (χ1n) is 12.4. The number of nitrogens with one attached hydrogen (secondary N) is 1. The highest BCUT2D eigenvalue weighted by Crippen LogP contribution is 2.32. The molecule has 1 aromatic heterocycles. The van der Waals surface area contributed by atoms with Crippen LogP contribution in [0.15, 0.2) is 41.3 Å². The number of hydrogen-bond donors (Lipinski definition) is 5. The lowest BCUT2D eigenvalue weighted by Gasteiger charge is -2.46. The molecule has 0 unspecified atom stereocenters. The van der Waals surface area contributed by atoms with E-state index in [0.29, 0.717) is 11.3 Å². The maximum absolute atomic E-state index is 12.7. The van der Waals surface area contributed by atoms with Crippen molar-refractivity contribution in [3.05, 3.63) is 52.6 Å². The number of anilines is 2. The molecule has 208 valence electrons. The van der Waals surface area contributed by atoms with Crippen molar-refractivity contribution in [3.63, 3.8) is 0 Å². The average Bonchev–Trinajstić information content (AvgIpc) is 2.84. The molecule has 2 aliphatic rings. The van der Waals surface area contributed by atoms with Crippen LogP contribution in [0.2, 0.25) is 0 Å². The number of nitrogen functional groups attached to an aromatic ring is 1. The molecule has 6 N–H and O–H groups in total. The van der Waals surface area contributed by atoms with E-state index >= 15 is 0 Å². The van der Waals surface area contributed by atoms with Gasteiger partial charge in [-0.3, -0.25) is 9.36 Å². The lowest BCUT2D eigenvalue weighted by atomic mass is 9.95. The molecule has 3 heterocycles. The second-order valence-electron chi connectivity index (χ2n) is 9.92. The van der Waals surface area contributed by atoms with E-state index in [1.54, 1.807) is 57.1 Å².